The van der Waals surface area contributed by atoms with E-state index in [0.717, 1.165) is 6.61 Å². The number of hydrogen-bond donors (Lipinski definition) is 1. The lowest BCUT2D eigenvalue weighted by Gasteiger charge is -2.14. The Morgan fingerprint density at radius 1 is 1.27 bits per heavy atom. The van der Waals surface area contributed by atoms with Gasteiger partial charge in [-0.25, -0.2) is 0 Å². The molecule has 70 valence electrons. The zero-order chi connectivity index (χ0) is 7.98. The molecule has 1 unspecified atom stereocenters. The van der Waals surface area contributed by atoms with E-state index < -0.39 is 0 Å². The molecular formula is C8H20ClNO. The van der Waals surface area contributed by atoms with Gasteiger partial charge < -0.3 is 10.5 Å². The van der Waals surface area contributed by atoms with Crippen molar-refractivity contribution in [2.24, 2.45) is 11.7 Å². The van der Waals surface area contributed by atoms with Crippen molar-refractivity contribution in [2.45, 2.75) is 39.8 Å². The van der Waals surface area contributed by atoms with Crippen molar-refractivity contribution in [3.63, 3.8) is 0 Å². The summed E-state index contributed by atoms with van der Waals surface area (Å²) in [7, 11) is 0. The molecule has 1 atom stereocenters. The van der Waals surface area contributed by atoms with E-state index in [1.807, 2.05) is 6.92 Å². The first-order valence-corrected chi connectivity index (χ1v) is 4.07. The first-order valence-electron chi connectivity index (χ1n) is 4.07. The van der Waals surface area contributed by atoms with Crippen LogP contribution in [0.25, 0.3) is 0 Å². The predicted molar refractivity (Wildman–Crippen MR) is 50.9 cm³/mol. The topological polar surface area (TPSA) is 35.2 Å². The van der Waals surface area contributed by atoms with Gasteiger partial charge in [-0.05, 0) is 12.8 Å². The largest absolute Gasteiger partial charge is 0.364 e. The van der Waals surface area contributed by atoms with Crippen LogP contribution in [-0.2, 0) is 4.74 Å². The summed E-state index contributed by atoms with van der Waals surface area (Å²) in [6.07, 6.45) is 2.26. The van der Waals surface area contributed by atoms with E-state index in [0.29, 0.717) is 5.92 Å². The molecule has 0 amide bonds. The third-order valence-corrected chi connectivity index (χ3v) is 1.75. The lowest BCUT2D eigenvalue weighted by atomic mass is 10.1. The highest BCUT2D eigenvalue weighted by atomic mass is 35.5. The van der Waals surface area contributed by atoms with Gasteiger partial charge in [0, 0.05) is 0 Å². The molecule has 0 aromatic carbocycles. The van der Waals surface area contributed by atoms with Crippen molar-refractivity contribution in [3.05, 3.63) is 0 Å². The SMILES string of the molecule is CCC(CC)COC(C)N.Cl. The zero-order valence-corrected chi connectivity index (χ0v) is 8.49. The number of ether oxygens (including phenoxy) is 1. The van der Waals surface area contributed by atoms with E-state index in [9.17, 15) is 0 Å². The average Bonchev–Trinajstić information content (AvgIpc) is 1.90. The van der Waals surface area contributed by atoms with Crippen LogP contribution >= 0.6 is 12.4 Å². The van der Waals surface area contributed by atoms with Crippen molar-refractivity contribution in [1.82, 2.24) is 0 Å². The summed E-state index contributed by atoms with van der Waals surface area (Å²) < 4.78 is 5.26. The van der Waals surface area contributed by atoms with Crippen LogP contribution in [0, 0.1) is 5.92 Å². The number of hydrogen-bond acceptors (Lipinski definition) is 2. The fraction of sp³-hybridized carbons (Fsp3) is 1.00. The van der Waals surface area contributed by atoms with Crippen LogP contribution in [0.15, 0.2) is 0 Å². The van der Waals surface area contributed by atoms with Crippen LogP contribution in [0.1, 0.15) is 33.6 Å². The van der Waals surface area contributed by atoms with Crippen LogP contribution in [0.3, 0.4) is 0 Å². The van der Waals surface area contributed by atoms with Gasteiger partial charge in [0.15, 0.2) is 0 Å². The highest BCUT2D eigenvalue weighted by Gasteiger charge is 2.03. The van der Waals surface area contributed by atoms with Gasteiger partial charge in [0.05, 0.1) is 6.61 Å². The van der Waals surface area contributed by atoms with Crippen LogP contribution in [-0.4, -0.2) is 12.8 Å². The molecular weight excluding hydrogens is 162 g/mol. The second-order valence-electron chi connectivity index (χ2n) is 2.72. The van der Waals surface area contributed by atoms with Gasteiger partial charge in [0.1, 0.15) is 6.23 Å². The molecule has 0 aromatic heterocycles. The van der Waals surface area contributed by atoms with Crippen LogP contribution in [0.5, 0.6) is 0 Å². The smallest absolute Gasteiger partial charge is 0.102 e. The normalized spacial score (nSPS) is 12.8. The van der Waals surface area contributed by atoms with E-state index in [-0.39, 0.29) is 18.6 Å². The van der Waals surface area contributed by atoms with Gasteiger partial charge in [-0.2, -0.15) is 0 Å². The summed E-state index contributed by atoms with van der Waals surface area (Å²) in [4.78, 5) is 0. The van der Waals surface area contributed by atoms with Gasteiger partial charge >= 0.3 is 0 Å². The highest BCUT2D eigenvalue weighted by molar-refractivity contribution is 5.85. The molecule has 0 radical (unpaired) electrons. The zero-order valence-electron chi connectivity index (χ0n) is 7.67. The minimum atomic E-state index is -0.111. The van der Waals surface area contributed by atoms with E-state index in [1.54, 1.807) is 0 Å². The molecule has 0 heterocycles. The first-order chi connectivity index (χ1) is 4.70. The Morgan fingerprint density at radius 2 is 1.73 bits per heavy atom. The summed E-state index contributed by atoms with van der Waals surface area (Å²) in [5, 5.41) is 0. The standard InChI is InChI=1S/C8H19NO.ClH/c1-4-8(5-2)6-10-7(3)9;/h7-8H,4-6,9H2,1-3H3;1H. The maximum atomic E-state index is 5.43. The fourth-order valence-electron chi connectivity index (χ4n) is 0.812. The monoisotopic (exact) mass is 181 g/mol. The highest BCUT2D eigenvalue weighted by Crippen LogP contribution is 2.07. The van der Waals surface area contributed by atoms with Crippen molar-refractivity contribution in [1.29, 1.82) is 0 Å². The second kappa shape index (κ2) is 8.31. The molecule has 0 saturated carbocycles. The molecule has 11 heavy (non-hydrogen) atoms. The van der Waals surface area contributed by atoms with Crippen molar-refractivity contribution in [2.75, 3.05) is 6.61 Å². The average molecular weight is 182 g/mol. The number of nitrogens with two attached hydrogens (primary N) is 1. The number of halogens is 1. The molecule has 0 aliphatic rings. The third-order valence-electron chi connectivity index (χ3n) is 1.75. The van der Waals surface area contributed by atoms with E-state index in [4.69, 9.17) is 10.5 Å². The Labute approximate surface area is 75.9 Å². The first kappa shape index (κ1) is 13.8. The second-order valence-corrected chi connectivity index (χ2v) is 2.72. The Morgan fingerprint density at radius 3 is 2.00 bits per heavy atom. The quantitative estimate of drug-likeness (QED) is 0.660. The van der Waals surface area contributed by atoms with Crippen molar-refractivity contribution < 1.29 is 4.74 Å². The van der Waals surface area contributed by atoms with E-state index >= 15 is 0 Å². The van der Waals surface area contributed by atoms with Crippen LogP contribution in [0.2, 0.25) is 0 Å². The molecule has 0 rings (SSSR count). The molecule has 0 aromatic rings. The molecule has 0 aliphatic heterocycles. The third kappa shape index (κ3) is 8.11. The molecule has 3 heteroatoms. The molecule has 0 spiro atoms. The lowest BCUT2D eigenvalue weighted by Crippen LogP contribution is -2.22. The Kier molecular flexibility index (Phi) is 10.4. The Bertz CT molecular complexity index is 74.5. The summed E-state index contributed by atoms with van der Waals surface area (Å²) in [5.41, 5.74) is 5.43. The molecule has 0 aliphatic carbocycles. The minimum Gasteiger partial charge on any atom is -0.364 e. The molecule has 2 N–H and O–H groups in total. The maximum absolute atomic E-state index is 5.43. The van der Waals surface area contributed by atoms with Crippen LogP contribution < -0.4 is 5.73 Å². The maximum Gasteiger partial charge on any atom is 0.102 e. The van der Waals surface area contributed by atoms with Gasteiger partial charge in [0.25, 0.3) is 0 Å². The van der Waals surface area contributed by atoms with E-state index in [1.165, 1.54) is 12.8 Å². The van der Waals surface area contributed by atoms with Crippen molar-refractivity contribution >= 4 is 12.4 Å². The molecule has 0 bridgehead atoms. The summed E-state index contributed by atoms with van der Waals surface area (Å²) >= 11 is 0. The summed E-state index contributed by atoms with van der Waals surface area (Å²) in [5.74, 6) is 0.686. The van der Waals surface area contributed by atoms with Gasteiger partial charge in [-0.1, -0.05) is 26.7 Å². The summed E-state index contributed by atoms with van der Waals surface area (Å²) in [6, 6.07) is 0. The van der Waals surface area contributed by atoms with Gasteiger partial charge in [-0.15, -0.1) is 12.4 Å². The number of rotatable bonds is 5. The van der Waals surface area contributed by atoms with Crippen molar-refractivity contribution in [3.8, 4) is 0 Å². The predicted octanol–water partition coefficient (Wildman–Crippen LogP) is 2.17. The van der Waals surface area contributed by atoms with Crippen LogP contribution in [0.4, 0.5) is 0 Å². The molecule has 0 fully saturated rings. The summed E-state index contributed by atoms with van der Waals surface area (Å²) in [6.45, 7) is 7.03. The molecule has 2 nitrogen and oxygen atoms in total. The Hall–Kier alpha value is 0.210. The fourth-order valence-corrected chi connectivity index (χ4v) is 0.812. The van der Waals surface area contributed by atoms with E-state index in [2.05, 4.69) is 13.8 Å². The van der Waals surface area contributed by atoms with Gasteiger partial charge in [-0.3, -0.25) is 0 Å². The lowest BCUT2D eigenvalue weighted by molar-refractivity contribution is 0.0422. The van der Waals surface area contributed by atoms with Gasteiger partial charge in [0.2, 0.25) is 0 Å². The Balaban J connectivity index is 0. The minimum absolute atomic E-state index is 0. The molecule has 0 saturated heterocycles.